The van der Waals surface area contributed by atoms with E-state index >= 15 is 0 Å². The summed E-state index contributed by atoms with van der Waals surface area (Å²) in [5, 5.41) is 0. The summed E-state index contributed by atoms with van der Waals surface area (Å²) < 4.78 is 11.3. The number of Topliss-reactive ketones (excluding diaryl/α,β-unsaturated/α-hetero) is 1. The molecular weight excluding hydrogens is 282 g/mol. The molecule has 2 aliphatic rings. The number of nitrogens with zero attached hydrogens (tertiary/aromatic N) is 1. The fourth-order valence-corrected chi connectivity index (χ4v) is 2.92. The maximum atomic E-state index is 12.2. The minimum absolute atomic E-state index is 0.0736. The molecule has 2 aliphatic heterocycles. The van der Waals surface area contributed by atoms with Crippen LogP contribution in [0.1, 0.15) is 47.0 Å². The third-order valence-corrected chi connectivity index (χ3v) is 4.04. The topological polar surface area (TPSA) is 55.8 Å². The molecule has 22 heavy (non-hydrogen) atoms. The normalized spacial score (nSPS) is 23.6. The van der Waals surface area contributed by atoms with E-state index in [2.05, 4.69) is 6.58 Å². The van der Waals surface area contributed by atoms with Gasteiger partial charge in [-0.1, -0.05) is 12.7 Å². The highest BCUT2D eigenvalue weighted by molar-refractivity contribution is 6.00. The number of piperidine rings is 1. The van der Waals surface area contributed by atoms with Gasteiger partial charge < -0.3 is 14.4 Å². The second kappa shape index (κ2) is 5.78. The van der Waals surface area contributed by atoms with Gasteiger partial charge in [0.1, 0.15) is 17.0 Å². The number of amides is 1. The largest absolute Gasteiger partial charge is 0.487 e. The molecule has 1 amide bonds. The number of rotatable bonds is 0. The van der Waals surface area contributed by atoms with Gasteiger partial charge in [0, 0.05) is 25.9 Å². The van der Waals surface area contributed by atoms with Gasteiger partial charge in [0.2, 0.25) is 0 Å². The van der Waals surface area contributed by atoms with E-state index in [-0.39, 0.29) is 11.9 Å². The van der Waals surface area contributed by atoms with Gasteiger partial charge in [-0.3, -0.25) is 4.79 Å². The molecule has 2 fully saturated rings. The van der Waals surface area contributed by atoms with Gasteiger partial charge in [-0.15, -0.1) is 0 Å². The number of allylic oxidation sites excluding steroid dienone is 2. The quantitative estimate of drug-likeness (QED) is 0.645. The highest BCUT2D eigenvalue weighted by Gasteiger charge is 2.44. The van der Waals surface area contributed by atoms with Gasteiger partial charge in [0.15, 0.2) is 5.78 Å². The summed E-state index contributed by atoms with van der Waals surface area (Å²) in [7, 11) is 0. The average Bonchev–Trinajstić information content (AvgIpc) is 2.36. The van der Waals surface area contributed by atoms with Crippen molar-refractivity contribution in [1.82, 2.24) is 4.90 Å². The highest BCUT2D eigenvalue weighted by atomic mass is 16.6. The highest BCUT2D eigenvalue weighted by Crippen LogP contribution is 2.39. The van der Waals surface area contributed by atoms with Crippen molar-refractivity contribution in [2.75, 3.05) is 13.1 Å². The number of likely N-dealkylation sites (tertiary alicyclic amines) is 1. The Hall–Kier alpha value is -1.78. The van der Waals surface area contributed by atoms with Crippen molar-refractivity contribution in [2.45, 2.75) is 58.2 Å². The molecule has 0 unspecified atom stereocenters. The lowest BCUT2D eigenvalue weighted by atomic mass is 9.82. The number of hydrogen-bond acceptors (Lipinski definition) is 4. The number of carbonyl (C=O) groups is 2. The molecule has 0 aromatic heterocycles. The van der Waals surface area contributed by atoms with Gasteiger partial charge in [-0.05, 0) is 27.7 Å². The van der Waals surface area contributed by atoms with Crippen LogP contribution in [0.15, 0.2) is 24.0 Å². The van der Waals surface area contributed by atoms with E-state index < -0.39 is 11.2 Å². The van der Waals surface area contributed by atoms with Crippen LogP contribution in [-0.4, -0.2) is 41.1 Å². The van der Waals surface area contributed by atoms with E-state index in [4.69, 9.17) is 9.47 Å². The summed E-state index contributed by atoms with van der Waals surface area (Å²) in [6.45, 7) is 12.3. The molecule has 0 aromatic rings. The van der Waals surface area contributed by atoms with Crippen LogP contribution in [0, 0.1) is 0 Å². The third kappa shape index (κ3) is 3.51. The van der Waals surface area contributed by atoms with Crippen molar-refractivity contribution in [3.63, 3.8) is 0 Å². The third-order valence-electron chi connectivity index (χ3n) is 4.04. The van der Waals surface area contributed by atoms with Crippen molar-refractivity contribution in [3.8, 4) is 0 Å². The molecule has 1 spiro atoms. The first kappa shape index (κ1) is 16.6. The zero-order valence-electron chi connectivity index (χ0n) is 13.9. The summed E-state index contributed by atoms with van der Waals surface area (Å²) in [4.78, 5) is 26.0. The predicted octanol–water partition coefficient (Wildman–Crippen LogP) is 3.21. The van der Waals surface area contributed by atoms with E-state index in [0.29, 0.717) is 43.7 Å². The Morgan fingerprint density at radius 3 is 2.41 bits per heavy atom. The Morgan fingerprint density at radius 2 is 1.95 bits per heavy atom. The fourth-order valence-electron chi connectivity index (χ4n) is 2.92. The van der Waals surface area contributed by atoms with Crippen LogP contribution in [0.5, 0.6) is 0 Å². The Morgan fingerprint density at radius 1 is 1.36 bits per heavy atom. The SMILES string of the molecule is C=C1OC2(CCN(C(=O)OC(C)(C)C)CC2)CC(=O)C1=CC. The molecule has 5 heteroatoms. The number of ketones is 1. The standard InChI is InChI=1S/C17H25NO4/c1-6-13-12(2)21-17(11-14(13)19)7-9-18(10-8-17)15(20)22-16(3,4)5/h6H,2,7-11H2,1,3-5H3. The van der Waals surface area contributed by atoms with E-state index in [1.807, 2.05) is 27.7 Å². The van der Waals surface area contributed by atoms with Gasteiger partial charge in [-0.25, -0.2) is 4.79 Å². The number of ether oxygens (including phenoxy) is 2. The lowest BCUT2D eigenvalue weighted by Crippen LogP contribution is -2.51. The van der Waals surface area contributed by atoms with Crippen LogP contribution in [0.4, 0.5) is 4.79 Å². The summed E-state index contributed by atoms with van der Waals surface area (Å²) in [6, 6.07) is 0. The van der Waals surface area contributed by atoms with Crippen molar-refractivity contribution in [3.05, 3.63) is 24.0 Å². The number of hydrogen-bond donors (Lipinski definition) is 0. The Labute approximate surface area is 131 Å². The Kier molecular flexibility index (Phi) is 4.36. The molecule has 2 heterocycles. The van der Waals surface area contributed by atoms with Crippen molar-refractivity contribution < 1.29 is 19.1 Å². The predicted molar refractivity (Wildman–Crippen MR) is 83.4 cm³/mol. The van der Waals surface area contributed by atoms with Crippen molar-refractivity contribution in [2.24, 2.45) is 0 Å². The second-order valence-electron chi connectivity index (χ2n) is 6.98. The molecule has 0 aliphatic carbocycles. The van der Waals surface area contributed by atoms with Gasteiger partial charge >= 0.3 is 6.09 Å². The molecule has 0 aromatic carbocycles. The molecule has 0 saturated carbocycles. The fraction of sp³-hybridized carbons (Fsp3) is 0.647. The van der Waals surface area contributed by atoms with Crippen LogP contribution in [0.3, 0.4) is 0 Å². The zero-order valence-corrected chi connectivity index (χ0v) is 13.9. The average molecular weight is 307 g/mol. The Bertz CT molecular complexity index is 497. The maximum Gasteiger partial charge on any atom is 0.410 e. The van der Waals surface area contributed by atoms with E-state index in [1.54, 1.807) is 11.0 Å². The van der Waals surface area contributed by atoms with E-state index in [1.165, 1.54) is 0 Å². The summed E-state index contributed by atoms with van der Waals surface area (Å²) in [5.41, 5.74) is -0.446. The summed E-state index contributed by atoms with van der Waals surface area (Å²) in [6.07, 6.45) is 3.03. The summed E-state index contributed by atoms with van der Waals surface area (Å²) in [5.74, 6) is 0.522. The molecule has 0 radical (unpaired) electrons. The molecule has 5 nitrogen and oxygen atoms in total. The molecule has 0 atom stereocenters. The smallest absolute Gasteiger partial charge is 0.410 e. The molecule has 122 valence electrons. The first-order valence-electron chi connectivity index (χ1n) is 7.71. The molecule has 0 bridgehead atoms. The van der Waals surface area contributed by atoms with Crippen molar-refractivity contribution >= 4 is 11.9 Å². The molecule has 2 saturated heterocycles. The van der Waals surface area contributed by atoms with Gasteiger partial charge in [-0.2, -0.15) is 0 Å². The zero-order chi connectivity index (χ0) is 16.5. The summed E-state index contributed by atoms with van der Waals surface area (Å²) >= 11 is 0. The van der Waals surface area contributed by atoms with Crippen LogP contribution >= 0.6 is 0 Å². The van der Waals surface area contributed by atoms with E-state index in [9.17, 15) is 9.59 Å². The van der Waals surface area contributed by atoms with Gasteiger partial charge in [0.05, 0.1) is 12.0 Å². The van der Waals surface area contributed by atoms with Crippen molar-refractivity contribution in [1.29, 1.82) is 0 Å². The van der Waals surface area contributed by atoms with E-state index in [0.717, 1.165) is 0 Å². The maximum absolute atomic E-state index is 12.2. The van der Waals surface area contributed by atoms with Crippen LogP contribution < -0.4 is 0 Å². The minimum Gasteiger partial charge on any atom is -0.487 e. The molecule has 0 N–H and O–H groups in total. The number of carbonyl (C=O) groups excluding carboxylic acids is 2. The van der Waals surface area contributed by atoms with Crippen LogP contribution in [0.25, 0.3) is 0 Å². The molecule has 2 rings (SSSR count). The molecular formula is C17H25NO4. The first-order valence-corrected chi connectivity index (χ1v) is 7.71. The minimum atomic E-state index is -0.515. The monoisotopic (exact) mass is 307 g/mol. The lowest BCUT2D eigenvalue weighted by Gasteiger charge is -2.44. The first-order chi connectivity index (χ1) is 10.2. The Balaban J connectivity index is 1.99. The van der Waals surface area contributed by atoms with Crippen LogP contribution in [-0.2, 0) is 14.3 Å². The second-order valence-corrected chi connectivity index (χ2v) is 6.98. The van der Waals surface area contributed by atoms with Crippen LogP contribution in [0.2, 0.25) is 0 Å². The lowest BCUT2D eigenvalue weighted by molar-refractivity contribution is -0.129. The van der Waals surface area contributed by atoms with Gasteiger partial charge in [0.25, 0.3) is 0 Å².